The zero-order chi connectivity index (χ0) is 13.6. The molecule has 1 aromatic rings. The summed E-state index contributed by atoms with van der Waals surface area (Å²) < 4.78 is 2.06. The van der Waals surface area contributed by atoms with Gasteiger partial charge in [-0.2, -0.15) is 5.10 Å². The van der Waals surface area contributed by atoms with Crippen molar-refractivity contribution in [3.05, 3.63) is 18.5 Å². The number of aromatic nitrogens is 2. The summed E-state index contributed by atoms with van der Waals surface area (Å²) in [5.41, 5.74) is 0.0570. The summed E-state index contributed by atoms with van der Waals surface area (Å²) in [6.07, 6.45) is 12.1. The number of nitrogens with zero attached hydrogens (tertiary/aromatic N) is 3. The highest BCUT2D eigenvalue weighted by molar-refractivity contribution is 5.84. The van der Waals surface area contributed by atoms with Crippen LogP contribution in [0.15, 0.2) is 18.5 Å². The minimum absolute atomic E-state index is 0.0570. The van der Waals surface area contributed by atoms with E-state index >= 15 is 0 Å². The second-order valence-electron chi connectivity index (χ2n) is 6.96. The van der Waals surface area contributed by atoms with Crippen LogP contribution in [0.1, 0.15) is 51.0 Å². The molecule has 4 heteroatoms. The fourth-order valence-electron chi connectivity index (χ4n) is 4.63. The van der Waals surface area contributed by atoms with Gasteiger partial charge in [-0.3, -0.25) is 9.48 Å². The van der Waals surface area contributed by atoms with Crippen LogP contribution >= 0.6 is 0 Å². The highest BCUT2D eigenvalue weighted by Crippen LogP contribution is 2.56. The van der Waals surface area contributed by atoms with Gasteiger partial charge in [0.05, 0.1) is 6.04 Å². The number of piperidine rings is 1. The standard InChI is InChI=1S/C16H23N3O/c20-15(16-6-1-3-13(11-16)12-16)18-9-4-14(5-10-18)19-8-2-7-17-19/h2,7-8,13-14H,1,3-6,9-12H2. The van der Waals surface area contributed by atoms with Crippen molar-refractivity contribution < 1.29 is 4.79 Å². The summed E-state index contributed by atoms with van der Waals surface area (Å²) >= 11 is 0. The number of carbonyl (C=O) groups is 1. The minimum Gasteiger partial charge on any atom is -0.342 e. The van der Waals surface area contributed by atoms with Gasteiger partial charge in [-0.25, -0.2) is 0 Å². The van der Waals surface area contributed by atoms with Gasteiger partial charge < -0.3 is 4.90 Å². The molecule has 4 nitrogen and oxygen atoms in total. The van der Waals surface area contributed by atoms with Gasteiger partial charge in [-0.15, -0.1) is 0 Å². The van der Waals surface area contributed by atoms with E-state index in [1.165, 1.54) is 25.7 Å². The summed E-state index contributed by atoms with van der Waals surface area (Å²) in [5.74, 6) is 1.32. The van der Waals surface area contributed by atoms with Gasteiger partial charge in [0.15, 0.2) is 0 Å². The first-order valence-corrected chi connectivity index (χ1v) is 8.05. The van der Waals surface area contributed by atoms with Crippen molar-refractivity contribution in [1.82, 2.24) is 14.7 Å². The maximum Gasteiger partial charge on any atom is 0.228 e. The van der Waals surface area contributed by atoms with E-state index < -0.39 is 0 Å². The molecule has 20 heavy (non-hydrogen) atoms. The smallest absolute Gasteiger partial charge is 0.228 e. The second kappa shape index (κ2) is 4.61. The molecule has 1 aliphatic heterocycles. The average Bonchev–Trinajstić information content (AvgIpc) is 3.00. The number of likely N-dealkylation sites (tertiary alicyclic amines) is 1. The van der Waals surface area contributed by atoms with Crippen molar-refractivity contribution in [3.8, 4) is 0 Å². The molecule has 2 bridgehead atoms. The van der Waals surface area contributed by atoms with E-state index in [1.54, 1.807) is 0 Å². The third-order valence-corrected chi connectivity index (χ3v) is 5.73. The van der Waals surface area contributed by atoms with Crippen LogP contribution in [-0.4, -0.2) is 33.7 Å². The first-order chi connectivity index (χ1) is 9.77. The van der Waals surface area contributed by atoms with E-state index in [0.29, 0.717) is 11.9 Å². The number of hydrogen-bond donors (Lipinski definition) is 0. The molecule has 0 atom stereocenters. The predicted molar refractivity (Wildman–Crippen MR) is 76.1 cm³/mol. The van der Waals surface area contributed by atoms with Crippen LogP contribution in [0, 0.1) is 11.3 Å². The number of carbonyl (C=O) groups excluding carboxylic acids is 1. The quantitative estimate of drug-likeness (QED) is 0.831. The van der Waals surface area contributed by atoms with Crippen LogP contribution in [0.2, 0.25) is 0 Å². The first kappa shape index (κ1) is 12.4. The van der Waals surface area contributed by atoms with E-state index in [-0.39, 0.29) is 5.41 Å². The Balaban J connectivity index is 1.38. The topological polar surface area (TPSA) is 38.1 Å². The molecule has 0 spiro atoms. The highest BCUT2D eigenvalue weighted by Gasteiger charge is 2.53. The fraction of sp³-hybridized carbons (Fsp3) is 0.750. The predicted octanol–water partition coefficient (Wildman–Crippen LogP) is 2.63. The zero-order valence-electron chi connectivity index (χ0n) is 12.0. The lowest BCUT2D eigenvalue weighted by molar-refractivity contribution is -0.157. The molecule has 4 aliphatic rings. The van der Waals surface area contributed by atoms with E-state index in [9.17, 15) is 4.79 Å². The lowest BCUT2D eigenvalue weighted by Crippen LogP contribution is -2.55. The Morgan fingerprint density at radius 1 is 1.20 bits per heavy atom. The van der Waals surface area contributed by atoms with Crippen LogP contribution in [0.25, 0.3) is 0 Å². The largest absolute Gasteiger partial charge is 0.342 e. The van der Waals surface area contributed by atoms with Gasteiger partial charge in [-0.1, -0.05) is 12.8 Å². The van der Waals surface area contributed by atoms with Crippen molar-refractivity contribution in [2.24, 2.45) is 11.3 Å². The zero-order valence-corrected chi connectivity index (χ0v) is 12.0. The van der Waals surface area contributed by atoms with Gasteiger partial charge in [0, 0.05) is 30.9 Å². The van der Waals surface area contributed by atoms with Crippen molar-refractivity contribution in [1.29, 1.82) is 0 Å². The molecule has 0 unspecified atom stereocenters. The van der Waals surface area contributed by atoms with Gasteiger partial charge in [-0.05, 0) is 44.1 Å². The van der Waals surface area contributed by atoms with Gasteiger partial charge in [0.25, 0.3) is 0 Å². The SMILES string of the molecule is O=C(N1CCC(n2cccn2)CC1)C12CCCC(C1)C2. The molecule has 3 saturated carbocycles. The third-order valence-electron chi connectivity index (χ3n) is 5.73. The monoisotopic (exact) mass is 273 g/mol. The van der Waals surface area contributed by atoms with E-state index in [4.69, 9.17) is 0 Å². The van der Waals surface area contributed by atoms with Gasteiger partial charge in [0.1, 0.15) is 0 Å². The Kier molecular flexibility index (Phi) is 2.86. The van der Waals surface area contributed by atoms with Crippen LogP contribution in [0.5, 0.6) is 0 Å². The Morgan fingerprint density at radius 2 is 2.00 bits per heavy atom. The summed E-state index contributed by atoms with van der Waals surface area (Å²) in [4.78, 5) is 14.9. The molecule has 0 aromatic carbocycles. The summed E-state index contributed by atoms with van der Waals surface area (Å²) in [5, 5.41) is 4.33. The molecule has 4 fully saturated rings. The second-order valence-corrected chi connectivity index (χ2v) is 6.96. The van der Waals surface area contributed by atoms with Crippen LogP contribution < -0.4 is 0 Å². The molecule has 3 aliphatic carbocycles. The third kappa shape index (κ3) is 1.88. The number of fused-ring (bicyclic) bond motifs is 2. The molecule has 1 saturated heterocycles. The lowest BCUT2D eigenvalue weighted by atomic mass is 9.53. The van der Waals surface area contributed by atoms with E-state index in [2.05, 4.69) is 14.7 Å². The molecule has 1 amide bonds. The maximum absolute atomic E-state index is 12.8. The summed E-state index contributed by atoms with van der Waals surface area (Å²) in [6.45, 7) is 1.82. The molecule has 108 valence electrons. The first-order valence-electron chi connectivity index (χ1n) is 8.05. The number of hydrogen-bond acceptors (Lipinski definition) is 2. The van der Waals surface area contributed by atoms with E-state index in [1.807, 2.05) is 18.5 Å². The molecular weight excluding hydrogens is 250 g/mol. The normalized spacial score (nSPS) is 33.8. The van der Waals surface area contributed by atoms with Crippen molar-refractivity contribution in [2.45, 2.75) is 51.0 Å². The maximum atomic E-state index is 12.8. The average molecular weight is 273 g/mol. The lowest BCUT2D eigenvalue weighted by Gasteiger charge is -2.53. The Morgan fingerprint density at radius 3 is 2.60 bits per heavy atom. The summed E-state index contributed by atoms with van der Waals surface area (Å²) in [7, 11) is 0. The molecule has 2 heterocycles. The Hall–Kier alpha value is -1.32. The Labute approximate surface area is 120 Å². The van der Waals surface area contributed by atoms with Crippen LogP contribution in [0.4, 0.5) is 0 Å². The van der Waals surface area contributed by atoms with Crippen molar-refractivity contribution in [3.63, 3.8) is 0 Å². The molecule has 0 radical (unpaired) electrons. The van der Waals surface area contributed by atoms with Crippen molar-refractivity contribution in [2.75, 3.05) is 13.1 Å². The van der Waals surface area contributed by atoms with Gasteiger partial charge >= 0.3 is 0 Å². The number of rotatable bonds is 2. The highest BCUT2D eigenvalue weighted by atomic mass is 16.2. The molecule has 5 rings (SSSR count). The molecule has 1 aromatic heterocycles. The minimum atomic E-state index is 0.0570. The molecule has 0 N–H and O–H groups in total. The van der Waals surface area contributed by atoms with Crippen LogP contribution in [0.3, 0.4) is 0 Å². The molecular formula is C16H23N3O. The fourth-order valence-corrected chi connectivity index (χ4v) is 4.63. The van der Waals surface area contributed by atoms with Crippen LogP contribution in [-0.2, 0) is 4.79 Å². The van der Waals surface area contributed by atoms with E-state index in [0.717, 1.165) is 38.3 Å². The van der Waals surface area contributed by atoms with Crippen molar-refractivity contribution >= 4 is 5.91 Å². The van der Waals surface area contributed by atoms with Gasteiger partial charge in [0.2, 0.25) is 5.91 Å². The Bertz CT molecular complexity index is 476. The number of amides is 1. The summed E-state index contributed by atoms with van der Waals surface area (Å²) in [6, 6.07) is 2.46.